The lowest BCUT2D eigenvalue weighted by molar-refractivity contribution is 0.147. The number of hydrogen-bond donors (Lipinski definition) is 3. The Balaban J connectivity index is 2.77. The van der Waals surface area contributed by atoms with Crippen LogP contribution in [0, 0.1) is 11.3 Å². The van der Waals surface area contributed by atoms with Gasteiger partial charge in [-0.1, -0.05) is 0 Å². The Morgan fingerprint density at radius 3 is 2.53 bits per heavy atom. The van der Waals surface area contributed by atoms with Crippen molar-refractivity contribution in [3.63, 3.8) is 0 Å². The van der Waals surface area contributed by atoms with E-state index in [1.807, 2.05) is 6.07 Å². The van der Waals surface area contributed by atoms with E-state index in [0.29, 0.717) is 11.4 Å². The fraction of sp³-hybridized carbons (Fsp3) is 0.400. The lowest BCUT2D eigenvalue weighted by Gasteiger charge is -2.26. The first kappa shape index (κ1) is 11.4. The van der Waals surface area contributed by atoms with Crippen LogP contribution in [0.25, 0.3) is 0 Å². The molecule has 1 aromatic rings. The topological polar surface area (TPSA) is 89.2 Å². The predicted molar refractivity (Wildman–Crippen MR) is 55.2 cm³/mol. The van der Waals surface area contributed by atoms with Gasteiger partial charge in [-0.3, -0.25) is 0 Å². The second-order valence-electron chi connectivity index (χ2n) is 3.55. The summed E-state index contributed by atoms with van der Waals surface area (Å²) in [4.78, 5) is 3.97. The largest absolute Gasteiger partial charge is 0.394 e. The molecule has 15 heavy (non-hydrogen) atoms. The summed E-state index contributed by atoms with van der Waals surface area (Å²) in [6, 6.07) is 5.20. The van der Waals surface area contributed by atoms with Gasteiger partial charge in [-0.15, -0.1) is 0 Å². The standard InChI is InChI=1S/C10H13N3O2/c1-10(6-14,7-15)13-9-3-2-8(4-11)5-12-9/h2-3,5,14-15H,6-7H2,1H3,(H,12,13). The van der Waals surface area contributed by atoms with Crippen LogP contribution in [0.4, 0.5) is 5.82 Å². The first-order valence-electron chi connectivity index (χ1n) is 4.49. The van der Waals surface area contributed by atoms with Crippen molar-refractivity contribution in [2.24, 2.45) is 0 Å². The average Bonchev–Trinajstić information content (AvgIpc) is 2.30. The van der Waals surface area contributed by atoms with E-state index >= 15 is 0 Å². The molecule has 0 saturated heterocycles. The summed E-state index contributed by atoms with van der Waals surface area (Å²) in [5, 5.41) is 29.5. The van der Waals surface area contributed by atoms with E-state index in [4.69, 9.17) is 15.5 Å². The molecule has 0 aliphatic heterocycles. The van der Waals surface area contributed by atoms with E-state index in [9.17, 15) is 0 Å². The number of aliphatic hydroxyl groups is 2. The van der Waals surface area contributed by atoms with E-state index in [2.05, 4.69) is 10.3 Å². The van der Waals surface area contributed by atoms with Crippen molar-refractivity contribution in [3.05, 3.63) is 23.9 Å². The Hall–Kier alpha value is -1.64. The van der Waals surface area contributed by atoms with Gasteiger partial charge in [-0.05, 0) is 19.1 Å². The summed E-state index contributed by atoms with van der Waals surface area (Å²) in [6.07, 6.45) is 1.43. The van der Waals surface area contributed by atoms with Crippen molar-refractivity contribution in [2.75, 3.05) is 18.5 Å². The molecule has 0 unspecified atom stereocenters. The van der Waals surface area contributed by atoms with Gasteiger partial charge in [-0.2, -0.15) is 5.26 Å². The number of aromatic nitrogens is 1. The number of hydrogen-bond acceptors (Lipinski definition) is 5. The molecule has 5 nitrogen and oxygen atoms in total. The highest BCUT2D eigenvalue weighted by molar-refractivity contribution is 5.41. The molecule has 1 aromatic heterocycles. The Labute approximate surface area is 88.0 Å². The van der Waals surface area contributed by atoms with Crippen molar-refractivity contribution < 1.29 is 10.2 Å². The smallest absolute Gasteiger partial charge is 0.126 e. The molecule has 0 radical (unpaired) electrons. The average molecular weight is 207 g/mol. The second-order valence-corrected chi connectivity index (χ2v) is 3.55. The van der Waals surface area contributed by atoms with Gasteiger partial charge < -0.3 is 15.5 Å². The lowest BCUT2D eigenvalue weighted by Crippen LogP contribution is -2.42. The van der Waals surface area contributed by atoms with Crippen molar-refractivity contribution in [1.82, 2.24) is 4.98 Å². The normalized spacial score (nSPS) is 10.8. The first-order valence-corrected chi connectivity index (χ1v) is 4.49. The molecule has 0 bridgehead atoms. The van der Waals surface area contributed by atoms with Crippen LogP contribution in [-0.2, 0) is 0 Å². The number of anilines is 1. The molecule has 1 rings (SSSR count). The minimum absolute atomic E-state index is 0.203. The van der Waals surface area contributed by atoms with E-state index in [1.165, 1.54) is 6.20 Å². The van der Waals surface area contributed by atoms with Gasteiger partial charge in [-0.25, -0.2) is 4.98 Å². The summed E-state index contributed by atoms with van der Waals surface area (Å²) in [6.45, 7) is 1.27. The van der Waals surface area contributed by atoms with Gasteiger partial charge >= 0.3 is 0 Å². The monoisotopic (exact) mass is 207 g/mol. The molecule has 0 aliphatic rings. The van der Waals surface area contributed by atoms with Gasteiger partial charge in [0.05, 0.1) is 24.3 Å². The third-order valence-corrected chi connectivity index (χ3v) is 2.02. The van der Waals surface area contributed by atoms with Gasteiger partial charge in [0.1, 0.15) is 11.9 Å². The maximum Gasteiger partial charge on any atom is 0.126 e. The van der Waals surface area contributed by atoms with Crippen LogP contribution in [0.1, 0.15) is 12.5 Å². The van der Waals surface area contributed by atoms with Gasteiger partial charge in [0, 0.05) is 6.20 Å². The van der Waals surface area contributed by atoms with Crippen LogP contribution in [-0.4, -0.2) is 33.9 Å². The third kappa shape index (κ3) is 2.91. The lowest BCUT2D eigenvalue weighted by atomic mass is 10.1. The van der Waals surface area contributed by atoms with Crippen LogP contribution in [0.5, 0.6) is 0 Å². The zero-order valence-corrected chi connectivity index (χ0v) is 8.44. The zero-order chi connectivity index (χ0) is 11.3. The number of pyridine rings is 1. The van der Waals surface area contributed by atoms with E-state index < -0.39 is 5.54 Å². The number of nitrogens with zero attached hydrogens (tertiary/aromatic N) is 2. The maximum atomic E-state index is 9.04. The molecule has 0 amide bonds. The van der Waals surface area contributed by atoms with E-state index in [0.717, 1.165) is 0 Å². The van der Waals surface area contributed by atoms with Crippen LogP contribution in [0.15, 0.2) is 18.3 Å². The molecule has 0 aliphatic carbocycles. The molecule has 1 heterocycles. The molecular formula is C10H13N3O2. The number of aliphatic hydroxyl groups excluding tert-OH is 2. The molecule has 0 spiro atoms. The van der Waals surface area contributed by atoms with Crippen molar-refractivity contribution >= 4 is 5.82 Å². The summed E-state index contributed by atoms with van der Waals surface area (Å²) < 4.78 is 0. The number of rotatable bonds is 4. The SMILES string of the molecule is CC(CO)(CO)Nc1ccc(C#N)cn1. The minimum Gasteiger partial charge on any atom is -0.394 e. The summed E-state index contributed by atoms with van der Waals surface area (Å²) in [7, 11) is 0. The molecule has 80 valence electrons. The van der Waals surface area contributed by atoms with Gasteiger partial charge in [0.25, 0.3) is 0 Å². The summed E-state index contributed by atoms with van der Waals surface area (Å²) >= 11 is 0. The highest BCUT2D eigenvalue weighted by atomic mass is 16.3. The Kier molecular flexibility index (Phi) is 3.61. The third-order valence-electron chi connectivity index (χ3n) is 2.02. The van der Waals surface area contributed by atoms with Crippen LogP contribution < -0.4 is 5.32 Å². The van der Waals surface area contributed by atoms with Crippen LogP contribution in [0.3, 0.4) is 0 Å². The molecule has 3 N–H and O–H groups in total. The van der Waals surface area contributed by atoms with E-state index in [-0.39, 0.29) is 13.2 Å². The maximum absolute atomic E-state index is 9.04. The second kappa shape index (κ2) is 4.73. The predicted octanol–water partition coefficient (Wildman–Crippen LogP) is 0.108. The minimum atomic E-state index is -0.804. The first-order chi connectivity index (χ1) is 7.13. The highest BCUT2D eigenvalue weighted by Crippen LogP contribution is 2.12. The molecule has 0 fully saturated rings. The van der Waals surface area contributed by atoms with Gasteiger partial charge in [0.15, 0.2) is 0 Å². The van der Waals surface area contributed by atoms with Crippen molar-refractivity contribution in [1.29, 1.82) is 5.26 Å². The molecule has 5 heteroatoms. The number of nitrogens with one attached hydrogen (secondary N) is 1. The van der Waals surface area contributed by atoms with Crippen molar-refractivity contribution in [3.8, 4) is 6.07 Å². The highest BCUT2D eigenvalue weighted by Gasteiger charge is 2.22. The van der Waals surface area contributed by atoms with E-state index in [1.54, 1.807) is 19.1 Å². The van der Waals surface area contributed by atoms with Crippen LogP contribution >= 0.6 is 0 Å². The molecular weight excluding hydrogens is 194 g/mol. The summed E-state index contributed by atoms with van der Waals surface area (Å²) in [5.74, 6) is 0.514. The van der Waals surface area contributed by atoms with Crippen LogP contribution in [0.2, 0.25) is 0 Å². The zero-order valence-electron chi connectivity index (χ0n) is 8.44. The Bertz CT molecular complexity index is 352. The quantitative estimate of drug-likeness (QED) is 0.652. The van der Waals surface area contributed by atoms with Crippen molar-refractivity contribution in [2.45, 2.75) is 12.5 Å². The fourth-order valence-corrected chi connectivity index (χ4v) is 0.972. The molecule has 0 atom stereocenters. The Morgan fingerprint density at radius 1 is 1.47 bits per heavy atom. The number of nitriles is 1. The Morgan fingerprint density at radius 2 is 2.13 bits per heavy atom. The summed E-state index contributed by atoms with van der Waals surface area (Å²) in [5.41, 5.74) is -0.337. The molecule has 0 aromatic carbocycles. The van der Waals surface area contributed by atoms with Gasteiger partial charge in [0.2, 0.25) is 0 Å². The molecule has 0 saturated carbocycles. The fourth-order valence-electron chi connectivity index (χ4n) is 0.972.